The van der Waals surface area contributed by atoms with Crippen LogP contribution in [0.1, 0.15) is 28.1 Å². The Bertz CT molecular complexity index is 1090. The molecule has 1 heterocycles. The third-order valence-corrected chi connectivity index (χ3v) is 5.92. The Labute approximate surface area is 187 Å². The normalized spacial score (nSPS) is 10.7. The van der Waals surface area contributed by atoms with Crippen LogP contribution in [0.15, 0.2) is 54.2 Å². The average molecular weight is 437 g/mol. The van der Waals surface area contributed by atoms with Crippen molar-refractivity contribution in [1.82, 2.24) is 14.8 Å². The van der Waals surface area contributed by atoms with E-state index in [4.69, 9.17) is 4.74 Å². The first kappa shape index (κ1) is 22.6. The summed E-state index contributed by atoms with van der Waals surface area (Å²) in [6.45, 7) is 12.8. The van der Waals surface area contributed by atoms with E-state index in [1.165, 1.54) is 22.9 Å². The Hall–Kier alpha value is -3.06. The molecule has 0 spiro atoms. The maximum atomic E-state index is 12.5. The van der Waals surface area contributed by atoms with E-state index in [2.05, 4.69) is 35.9 Å². The number of nitrogens with zero attached hydrogens (tertiary/aromatic N) is 3. The summed E-state index contributed by atoms with van der Waals surface area (Å²) in [6, 6.07) is 12.0. The number of aryl methyl sites for hydroxylation is 4. The highest BCUT2D eigenvalue weighted by Gasteiger charge is 2.15. The van der Waals surface area contributed by atoms with E-state index in [1.807, 2.05) is 54.8 Å². The summed E-state index contributed by atoms with van der Waals surface area (Å²) in [5.41, 5.74) is 5.37. The van der Waals surface area contributed by atoms with Crippen molar-refractivity contribution in [3.8, 4) is 5.75 Å². The molecular weight excluding hydrogens is 408 g/mol. The topological polar surface area (TPSA) is 69.0 Å². The van der Waals surface area contributed by atoms with Gasteiger partial charge in [-0.25, -0.2) is 0 Å². The standard InChI is InChI=1S/C24H28N4O2S/c1-6-11-28-22(14-30-20-10-9-17(3)19(5)13-20)26-27-24(28)31-15-23(29)25-21-12-16(2)7-8-18(21)4/h6-10,12-13H,1,11,14-15H2,2-5H3,(H,25,29). The van der Waals surface area contributed by atoms with Gasteiger partial charge < -0.3 is 10.1 Å². The molecule has 0 aliphatic rings. The number of rotatable bonds is 9. The number of carbonyl (C=O) groups is 1. The van der Waals surface area contributed by atoms with Crippen LogP contribution < -0.4 is 10.1 Å². The zero-order valence-electron chi connectivity index (χ0n) is 18.4. The van der Waals surface area contributed by atoms with Crippen molar-refractivity contribution < 1.29 is 9.53 Å². The van der Waals surface area contributed by atoms with Gasteiger partial charge in [0, 0.05) is 12.2 Å². The van der Waals surface area contributed by atoms with E-state index < -0.39 is 0 Å². The Morgan fingerprint density at radius 1 is 1.10 bits per heavy atom. The lowest BCUT2D eigenvalue weighted by Crippen LogP contribution is -2.15. The summed E-state index contributed by atoms with van der Waals surface area (Å²) in [5, 5.41) is 12.2. The zero-order chi connectivity index (χ0) is 22.4. The second-order valence-electron chi connectivity index (χ2n) is 7.49. The number of aromatic nitrogens is 3. The molecule has 7 heteroatoms. The third-order valence-electron chi connectivity index (χ3n) is 4.95. The van der Waals surface area contributed by atoms with Gasteiger partial charge in [-0.15, -0.1) is 16.8 Å². The van der Waals surface area contributed by atoms with Gasteiger partial charge in [-0.2, -0.15) is 0 Å². The van der Waals surface area contributed by atoms with Gasteiger partial charge in [-0.05, 0) is 68.1 Å². The van der Waals surface area contributed by atoms with Crippen LogP contribution in [0.2, 0.25) is 0 Å². The fraction of sp³-hybridized carbons (Fsp3) is 0.292. The van der Waals surface area contributed by atoms with Crippen LogP contribution >= 0.6 is 11.8 Å². The summed E-state index contributed by atoms with van der Waals surface area (Å²) >= 11 is 1.35. The van der Waals surface area contributed by atoms with Crippen LogP contribution in [0, 0.1) is 27.7 Å². The molecule has 3 aromatic rings. The van der Waals surface area contributed by atoms with Crippen molar-refractivity contribution in [2.24, 2.45) is 0 Å². The summed E-state index contributed by atoms with van der Waals surface area (Å²) < 4.78 is 7.83. The monoisotopic (exact) mass is 436 g/mol. The Morgan fingerprint density at radius 3 is 2.61 bits per heavy atom. The molecule has 0 aliphatic carbocycles. The number of nitrogens with one attached hydrogen (secondary N) is 1. The maximum absolute atomic E-state index is 12.5. The van der Waals surface area contributed by atoms with Crippen molar-refractivity contribution in [2.75, 3.05) is 11.1 Å². The average Bonchev–Trinajstić information content (AvgIpc) is 3.12. The number of ether oxygens (including phenoxy) is 1. The van der Waals surface area contributed by atoms with E-state index >= 15 is 0 Å². The lowest BCUT2D eigenvalue weighted by atomic mass is 10.1. The first-order valence-corrected chi connectivity index (χ1v) is 11.1. The van der Waals surface area contributed by atoms with E-state index in [1.54, 1.807) is 6.08 Å². The van der Waals surface area contributed by atoms with Crippen molar-refractivity contribution >= 4 is 23.4 Å². The first-order valence-electron chi connectivity index (χ1n) is 10.1. The van der Waals surface area contributed by atoms with Gasteiger partial charge >= 0.3 is 0 Å². The quantitative estimate of drug-likeness (QED) is 0.377. The van der Waals surface area contributed by atoms with Gasteiger partial charge in [0.2, 0.25) is 5.91 Å². The fourth-order valence-corrected chi connectivity index (χ4v) is 3.75. The number of amides is 1. The molecule has 1 amide bonds. The number of allylic oxidation sites excluding steroid dienone is 1. The van der Waals surface area contributed by atoms with Crippen LogP contribution in [-0.2, 0) is 17.9 Å². The number of benzene rings is 2. The molecule has 162 valence electrons. The summed E-state index contributed by atoms with van der Waals surface area (Å²) in [6.07, 6.45) is 1.78. The van der Waals surface area contributed by atoms with E-state index in [0.717, 1.165) is 22.6 Å². The predicted octanol–water partition coefficient (Wildman–Crippen LogP) is 5.01. The minimum atomic E-state index is -0.0835. The molecule has 0 fully saturated rings. The maximum Gasteiger partial charge on any atom is 0.234 e. The molecule has 0 unspecified atom stereocenters. The van der Waals surface area contributed by atoms with Gasteiger partial charge in [0.15, 0.2) is 11.0 Å². The minimum Gasteiger partial charge on any atom is -0.486 e. The molecule has 0 saturated heterocycles. The van der Waals surface area contributed by atoms with E-state index in [0.29, 0.717) is 24.1 Å². The van der Waals surface area contributed by atoms with Gasteiger partial charge in [-0.1, -0.05) is 36.0 Å². The van der Waals surface area contributed by atoms with Crippen LogP contribution in [0.3, 0.4) is 0 Å². The fourth-order valence-electron chi connectivity index (χ4n) is 2.98. The van der Waals surface area contributed by atoms with Crippen LogP contribution in [0.5, 0.6) is 5.75 Å². The molecule has 3 rings (SSSR count). The molecule has 31 heavy (non-hydrogen) atoms. The highest BCUT2D eigenvalue weighted by molar-refractivity contribution is 7.99. The van der Waals surface area contributed by atoms with Gasteiger partial charge in [0.25, 0.3) is 0 Å². The van der Waals surface area contributed by atoms with Crippen molar-refractivity contribution in [3.05, 3.63) is 77.1 Å². The molecule has 0 radical (unpaired) electrons. The molecule has 6 nitrogen and oxygen atoms in total. The SMILES string of the molecule is C=CCn1c(COc2ccc(C)c(C)c2)nnc1SCC(=O)Nc1cc(C)ccc1C. The third kappa shape index (κ3) is 5.98. The van der Waals surface area contributed by atoms with Gasteiger partial charge in [-0.3, -0.25) is 9.36 Å². The van der Waals surface area contributed by atoms with Crippen molar-refractivity contribution in [3.63, 3.8) is 0 Å². The smallest absolute Gasteiger partial charge is 0.234 e. The highest BCUT2D eigenvalue weighted by Crippen LogP contribution is 2.22. The second kappa shape index (κ2) is 10.3. The van der Waals surface area contributed by atoms with Crippen molar-refractivity contribution in [2.45, 2.75) is 46.0 Å². The number of carbonyl (C=O) groups excluding carboxylic acids is 1. The lowest BCUT2D eigenvalue weighted by Gasteiger charge is -2.11. The first-order chi connectivity index (χ1) is 14.9. The van der Waals surface area contributed by atoms with E-state index in [9.17, 15) is 4.79 Å². The Morgan fingerprint density at radius 2 is 1.87 bits per heavy atom. The zero-order valence-corrected chi connectivity index (χ0v) is 19.3. The second-order valence-corrected chi connectivity index (χ2v) is 8.43. The molecule has 2 aromatic carbocycles. The van der Waals surface area contributed by atoms with Gasteiger partial charge in [0.1, 0.15) is 12.4 Å². The summed E-state index contributed by atoms with van der Waals surface area (Å²) in [5.74, 6) is 1.63. The van der Waals surface area contributed by atoms with E-state index in [-0.39, 0.29) is 11.7 Å². The Balaban J connectivity index is 1.64. The Kier molecular flexibility index (Phi) is 7.52. The molecular formula is C24H28N4O2S. The van der Waals surface area contributed by atoms with Crippen LogP contribution in [0.25, 0.3) is 0 Å². The van der Waals surface area contributed by atoms with Crippen LogP contribution in [-0.4, -0.2) is 26.4 Å². The number of anilines is 1. The highest BCUT2D eigenvalue weighted by atomic mass is 32.2. The van der Waals surface area contributed by atoms with Crippen LogP contribution in [0.4, 0.5) is 5.69 Å². The molecule has 1 aromatic heterocycles. The lowest BCUT2D eigenvalue weighted by molar-refractivity contribution is -0.113. The largest absolute Gasteiger partial charge is 0.486 e. The number of hydrogen-bond donors (Lipinski definition) is 1. The predicted molar refractivity (Wildman–Crippen MR) is 126 cm³/mol. The summed E-state index contributed by atoms with van der Waals surface area (Å²) in [7, 11) is 0. The molecule has 1 N–H and O–H groups in total. The summed E-state index contributed by atoms with van der Waals surface area (Å²) in [4.78, 5) is 12.5. The molecule has 0 bridgehead atoms. The molecule has 0 saturated carbocycles. The van der Waals surface area contributed by atoms with Crippen molar-refractivity contribution in [1.29, 1.82) is 0 Å². The van der Waals surface area contributed by atoms with Gasteiger partial charge in [0.05, 0.1) is 5.75 Å². The molecule has 0 atom stereocenters. The number of thioether (sulfide) groups is 1. The molecule has 0 aliphatic heterocycles. The minimum absolute atomic E-state index is 0.0835. The number of hydrogen-bond acceptors (Lipinski definition) is 5.